The van der Waals surface area contributed by atoms with Crippen molar-refractivity contribution in [1.29, 1.82) is 0 Å². The lowest BCUT2D eigenvalue weighted by atomic mass is 10.00. The number of halogens is 1. The molecule has 6 rings (SSSR count). The van der Waals surface area contributed by atoms with Gasteiger partial charge in [-0.25, -0.2) is 9.37 Å². The first-order valence-electron chi connectivity index (χ1n) is 13.4. The Kier molecular flexibility index (Phi) is 6.71. The highest BCUT2D eigenvalue weighted by Gasteiger charge is 2.24. The van der Waals surface area contributed by atoms with E-state index >= 15 is 0 Å². The van der Waals surface area contributed by atoms with Gasteiger partial charge in [-0.1, -0.05) is 54.1 Å². The van der Waals surface area contributed by atoms with Gasteiger partial charge in [0, 0.05) is 50.0 Å². The van der Waals surface area contributed by atoms with Crippen LogP contribution in [0.5, 0.6) is 0 Å². The Labute approximate surface area is 228 Å². The predicted molar refractivity (Wildman–Crippen MR) is 153 cm³/mol. The molecule has 0 unspecified atom stereocenters. The summed E-state index contributed by atoms with van der Waals surface area (Å²) in [6, 6.07) is 26.9. The summed E-state index contributed by atoms with van der Waals surface area (Å²) in [6.45, 7) is 7.76. The molecule has 1 aliphatic rings. The van der Waals surface area contributed by atoms with Gasteiger partial charge in [-0.2, -0.15) is 0 Å². The predicted octanol–water partition coefficient (Wildman–Crippen LogP) is 6.38. The molecule has 0 atom stereocenters. The summed E-state index contributed by atoms with van der Waals surface area (Å²) in [5, 5.41) is 0. The van der Waals surface area contributed by atoms with E-state index in [9.17, 15) is 9.18 Å². The smallest absolute Gasteiger partial charge is 0.253 e. The molecule has 39 heavy (non-hydrogen) atoms. The molecule has 6 heteroatoms. The molecule has 0 radical (unpaired) electrons. The van der Waals surface area contributed by atoms with Crippen LogP contribution in [0.25, 0.3) is 28.0 Å². The number of amides is 1. The molecular weight excluding hydrogens is 487 g/mol. The molecule has 1 fully saturated rings. The van der Waals surface area contributed by atoms with E-state index in [1.54, 1.807) is 12.1 Å². The first-order valence-corrected chi connectivity index (χ1v) is 13.4. The molecule has 0 bridgehead atoms. The fraction of sp³-hybridized carbons (Fsp3) is 0.212. The molecule has 2 aromatic heterocycles. The Bertz CT molecular complexity index is 1630. The van der Waals surface area contributed by atoms with Gasteiger partial charge in [-0.3, -0.25) is 9.69 Å². The summed E-state index contributed by atoms with van der Waals surface area (Å²) in [7, 11) is 0. The molecule has 0 aliphatic carbocycles. The number of carbonyl (C=O) groups excluding carboxylic acids is 1. The highest BCUT2D eigenvalue weighted by molar-refractivity contribution is 5.94. The quantitative estimate of drug-likeness (QED) is 0.271. The van der Waals surface area contributed by atoms with Crippen molar-refractivity contribution >= 4 is 11.6 Å². The van der Waals surface area contributed by atoms with Crippen molar-refractivity contribution in [2.24, 2.45) is 0 Å². The fourth-order valence-electron chi connectivity index (χ4n) is 5.37. The van der Waals surface area contributed by atoms with Gasteiger partial charge in [-0.15, -0.1) is 0 Å². The van der Waals surface area contributed by atoms with E-state index in [-0.39, 0.29) is 11.7 Å². The summed E-state index contributed by atoms with van der Waals surface area (Å²) < 4.78 is 15.5. The Balaban J connectivity index is 1.30. The van der Waals surface area contributed by atoms with E-state index in [2.05, 4.69) is 71.8 Å². The second-order valence-corrected chi connectivity index (χ2v) is 10.3. The molecule has 0 saturated carbocycles. The third-order valence-electron chi connectivity index (χ3n) is 7.59. The van der Waals surface area contributed by atoms with Crippen molar-refractivity contribution < 1.29 is 9.18 Å². The molecule has 196 valence electrons. The average molecular weight is 519 g/mol. The molecular formula is C33H31FN4O. The van der Waals surface area contributed by atoms with Crippen molar-refractivity contribution in [1.82, 2.24) is 19.2 Å². The summed E-state index contributed by atoms with van der Waals surface area (Å²) in [5.74, 6) is -0.382. The summed E-state index contributed by atoms with van der Waals surface area (Å²) in [5.41, 5.74) is 9.53. The number of piperazine rings is 1. The minimum absolute atomic E-state index is 0.0485. The number of fused-ring (bicyclic) bond motifs is 1. The van der Waals surface area contributed by atoms with Crippen LogP contribution in [0.15, 0.2) is 91.1 Å². The maximum atomic E-state index is 13.3. The van der Waals surface area contributed by atoms with E-state index in [0.29, 0.717) is 18.7 Å². The van der Waals surface area contributed by atoms with Gasteiger partial charge in [0.25, 0.3) is 5.91 Å². The number of aryl methyl sites for hydroxylation is 2. The van der Waals surface area contributed by atoms with E-state index in [4.69, 9.17) is 4.98 Å². The van der Waals surface area contributed by atoms with Gasteiger partial charge in [0.2, 0.25) is 0 Å². The first kappa shape index (κ1) is 25.0. The normalized spacial score (nSPS) is 14.2. The third-order valence-corrected chi connectivity index (χ3v) is 7.59. The van der Waals surface area contributed by atoms with Crippen LogP contribution in [0.3, 0.4) is 0 Å². The second-order valence-electron chi connectivity index (χ2n) is 10.3. The van der Waals surface area contributed by atoms with Crippen molar-refractivity contribution in [3.63, 3.8) is 0 Å². The van der Waals surface area contributed by atoms with E-state index in [1.165, 1.54) is 28.8 Å². The third kappa shape index (κ3) is 5.08. The van der Waals surface area contributed by atoms with Gasteiger partial charge in [-0.05, 0) is 66.9 Å². The van der Waals surface area contributed by atoms with E-state index < -0.39 is 0 Å². The average Bonchev–Trinajstić information content (AvgIpc) is 3.32. The lowest BCUT2D eigenvalue weighted by molar-refractivity contribution is 0.0627. The van der Waals surface area contributed by atoms with Crippen LogP contribution in [-0.2, 0) is 6.54 Å². The van der Waals surface area contributed by atoms with Crippen molar-refractivity contribution in [2.45, 2.75) is 20.4 Å². The van der Waals surface area contributed by atoms with Crippen LogP contribution in [0.2, 0.25) is 0 Å². The summed E-state index contributed by atoms with van der Waals surface area (Å²) in [6.07, 6.45) is 2.21. The number of rotatable bonds is 5. The SMILES string of the molecule is Cc1ccc(C)c(-c2ccc3nc(-c4ccccc4)c(CN4CCN(C(=O)c5ccc(F)cc5)CC4)n3c2)c1. The fourth-order valence-corrected chi connectivity index (χ4v) is 5.37. The first-order chi connectivity index (χ1) is 19.0. The zero-order valence-electron chi connectivity index (χ0n) is 22.3. The van der Waals surface area contributed by atoms with Gasteiger partial charge < -0.3 is 9.30 Å². The number of benzene rings is 3. The molecule has 3 heterocycles. The Hall–Kier alpha value is -4.29. The van der Waals surface area contributed by atoms with Crippen LogP contribution in [0.4, 0.5) is 4.39 Å². The number of nitrogens with zero attached hydrogens (tertiary/aromatic N) is 4. The molecule has 1 saturated heterocycles. The van der Waals surface area contributed by atoms with Crippen molar-refractivity contribution in [3.8, 4) is 22.4 Å². The van der Waals surface area contributed by atoms with Gasteiger partial charge in [0.1, 0.15) is 11.5 Å². The maximum Gasteiger partial charge on any atom is 0.253 e. The second kappa shape index (κ2) is 10.5. The van der Waals surface area contributed by atoms with Crippen molar-refractivity contribution in [2.75, 3.05) is 26.2 Å². The monoisotopic (exact) mass is 518 g/mol. The van der Waals surface area contributed by atoms with Crippen LogP contribution in [0.1, 0.15) is 27.2 Å². The van der Waals surface area contributed by atoms with E-state index in [0.717, 1.165) is 47.8 Å². The highest BCUT2D eigenvalue weighted by atomic mass is 19.1. The molecule has 3 aromatic carbocycles. The van der Waals surface area contributed by atoms with E-state index in [1.807, 2.05) is 23.1 Å². The maximum absolute atomic E-state index is 13.3. The molecule has 5 nitrogen and oxygen atoms in total. The van der Waals surface area contributed by atoms with Crippen LogP contribution in [-0.4, -0.2) is 51.3 Å². The minimum atomic E-state index is -0.334. The molecule has 1 aliphatic heterocycles. The zero-order chi connectivity index (χ0) is 26.9. The number of carbonyl (C=O) groups is 1. The topological polar surface area (TPSA) is 40.9 Å². The van der Waals surface area contributed by atoms with Gasteiger partial charge >= 0.3 is 0 Å². The number of hydrogen-bond acceptors (Lipinski definition) is 3. The summed E-state index contributed by atoms with van der Waals surface area (Å²) >= 11 is 0. The molecule has 5 aromatic rings. The number of aromatic nitrogens is 2. The zero-order valence-corrected chi connectivity index (χ0v) is 22.3. The molecule has 0 spiro atoms. The Morgan fingerprint density at radius 2 is 1.59 bits per heavy atom. The van der Waals surface area contributed by atoms with Crippen molar-refractivity contribution in [3.05, 3.63) is 119 Å². The molecule has 1 amide bonds. The van der Waals surface area contributed by atoms with Crippen LogP contribution in [0, 0.1) is 19.7 Å². The van der Waals surface area contributed by atoms with Crippen LogP contribution >= 0.6 is 0 Å². The number of imidazole rings is 1. The molecule has 0 N–H and O–H groups in total. The highest BCUT2D eigenvalue weighted by Crippen LogP contribution is 2.30. The van der Waals surface area contributed by atoms with Gasteiger partial charge in [0.15, 0.2) is 0 Å². The Morgan fingerprint density at radius 1 is 0.846 bits per heavy atom. The summed E-state index contributed by atoms with van der Waals surface area (Å²) in [4.78, 5) is 22.2. The van der Waals surface area contributed by atoms with Gasteiger partial charge in [0.05, 0.1) is 11.4 Å². The largest absolute Gasteiger partial charge is 0.336 e. The lowest BCUT2D eigenvalue weighted by Crippen LogP contribution is -2.48. The number of hydrogen-bond donors (Lipinski definition) is 0. The Morgan fingerprint density at radius 3 is 2.33 bits per heavy atom. The standard InChI is InChI=1S/C33H31FN4O/c1-23-8-9-24(2)29(20-23)27-12-15-31-35-32(25-6-4-3-5-7-25)30(38(31)21-27)22-36-16-18-37(19-17-36)33(39)26-10-13-28(34)14-11-26/h3-15,20-21H,16-19,22H2,1-2H3. The minimum Gasteiger partial charge on any atom is -0.336 e. The number of pyridine rings is 1. The lowest BCUT2D eigenvalue weighted by Gasteiger charge is -2.34. The van der Waals surface area contributed by atoms with Crippen LogP contribution < -0.4 is 0 Å².